The Kier molecular flexibility index (Phi) is 1.70. The zero-order chi connectivity index (χ0) is 9.42. The lowest BCUT2D eigenvalue weighted by atomic mass is 10.1. The normalized spacial score (nSPS) is 13.4. The molecule has 1 aromatic heterocycles. The van der Waals surface area contributed by atoms with E-state index in [4.69, 9.17) is 10.2 Å². The Bertz CT molecular complexity index is 434. The monoisotopic (exact) mass is 178 g/mol. The SMILES string of the molecule is CC(N)c1ccc2ocnc2c1O. The molecule has 0 aliphatic rings. The molecular formula is C9H10N2O2. The van der Waals surface area contributed by atoms with E-state index in [9.17, 15) is 5.11 Å². The zero-order valence-corrected chi connectivity index (χ0v) is 7.19. The van der Waals surface area contributed by atoms with Crippen molar-refractivity contribution < 1.29 is 9.52 Å². The molecular weight excluding hydrogens is 168 g/mol. The largest absolute Gasteiger partial charge is 0.505 e. The summed E-state index contributed by atoms with van der Waals surface area (Å²) < 4.78 is 5.02. The van der Waals surface area contributed by atoms with Gasteiger partial charge in [0.1, 0.15) is 5.75 Å². The van der Waals surface area contributed by atoms with Gasteiger partial charge in [-0.15, -0.1) is 0 Å². The summed E-state index contributed by atoms with van der Waals surface area (Å²) in [5.41, 5.74) is 7.38. The van der Waals surface area contributed by atoms with E-state index in [1.165, 1.54) is 6.39 Å². The molecule has 0 saturated carbocycles. The van der Waals surface area contributed by atoms with Crippen LogP contribution in [0, 0.1) is 0 Å². The van der Waals surface area contributed by atoms with Gasteiger partial charge in [0.15, 0.2) is 17.5 Å². The Balaban J connectivity index is 2.73. The molecule has 0 saturated heterocycles. The standard InChI is InChI=1S/C9H10N2O2/c1-5(10)6-2-3-7-8(9(6)12)11-4-13-7/h2-5,12H,10H2,1H3. The average molecular weight is 178 g/mol. The molecule has 68 valence electrons. The summed E-state index contributed by atoms with van der Waals surface area (Å²) in [5.74, 6) is 0.112. The van der Waals surface area contributed by atoms with Gasteiger partial charge in [0.25, 0.3) is 0 Å². The van der Waals surface area contributed by atoms with Gasteiger partial charge in [-0.3, -0.25) is 0 Å². The fraction of sp³-hybridized carbons (Fsp3) is 0.222. The van der Waals surface area contributed by atoms with Crippen molar-refractivity contribution in [2.45, 2.75) is 13.0 Å². The van der Waals surface area contributed by atoms with E-state index in [2.05, 4.69) is 4.98 Å². The van der Waals surface area contributed by atoms with Crippen LogP contribution in [0.25, 0.3) is 11.1 Å². The van der Waals surface area contributed by atoms with Gasteiger partial charge in [0.2, 0.25) is 0 Å². The van der Waals surface area contributed by atoms with Crippen molar-refractivity contribution in [2.24, 2.45) is 5.73 Å². The Hall–Kier alpha value is -1.55. The minimum atomic E-state index is -0.207. The molecule has 0 amide bonds. The highest BCUT2D eigenvalue weighted by Crippen LogP contribution is 2.30. The first-order chi connectivity index (χ1) is 6.20. The number of benzene rings is 1. The third kappa shape index (κ3) is 1.15. The molecule has 0 radical (unpaired) electrons. The maximum Gasteiger partial charge on any atom is 0.182 e. The van der Waals surface area contributed by atoms with Gasteiger partial charge in [-0.2, -0.15) is 0 Å². The Morgan fingerprint density at radius 2 is 2.31 bits per heavy atom. The fourth-order valence-electron chi connectivity index (χ4n) is 1.30. The topological polar surface area (TPSA) is 72.3 Å². The lowest BCUT2D eigenvalue weighted by Crippen LogP contribution is -2.04. The predicted octanol–water partition coefficient (Wildman–Crippen LogP) is 1.55. The van der Waals surface area contributed by atoms with Gasteiger partial charge in [0, 0.05) is 11.6 Å². The van der Waals surface area contributed by atoms with E-state index in [1.807, 2.05) is 0 Å². The molecule has 13 heavy (non-hydrogen) atoms. The maximum atomic E-state index is 9.71. The van der Waals surface area contributed by atoms with Crippen molar-refractivity contribution in [1.29, 1.82) is 0 Å². The van der Waals surface area contributed by atoms with E-state index in [1.54, 1.807) is 19.1 Å². The second-order valence-corrected chi connectivity index (χ2v) is 2.99. The highest BCUT2D eigenvalue weighted by molar-refractivity contribution is 5.80. The minimum Gasteiger partial charge on any atom is -0.505 e. The molecule has 0 spiro atoms. The van der Waals surface area contributed by atoms with E-state index in [0.717, 1.165) is 0 Å². The number of hydrogen-bond donors (Lipinski definition) is 2. The van der Waals surface area contributed by atoms with Crippen molar-refractivity contribution >= 4 is 11.1 Å². The van der Waals surface area contributed by atoms with Gasteiger partial charge in [0.05, 0.1) is 0 Å². The number of phenolic OH excluding ortho intramolecular Hbond substituents is 1. The number of oxazole rings is 1. The summed E-state index contributed by atoms with van der Waals surface area (Å²) >= 11 is 0. The van der Waals surface area contributed by atoms with Crippen LogP contribution in [0.5, 0.6) is 5.75 Å². The minimum absolute atomic E-state index is 0.112. The lowest BCUT2D eigenvalue weighted by molar-refractivity contribution is 0.469. The zero-order valence-electron chi connectivity index (χ0n) is 7.19. The Morgan fingerprint density at radius 3 is 3.00 bits per heavy atom. The summed E-state index contributed by atoms with van der Waals surface area (Å²) in [5, 5.41) is 9.71. The Labute approximate surface area is 75.0 Å². The van der Waals surface area contributed by atoms with Gasteiger partial charge in [-0.05, 0) is 19.1 Å². The first kappa shape index (κ1) is 8.07. The second-order valence-electron chi connectivity index (χ2n) is 2.99. The van der Waals surface area contributed by atoms with Crippen LogP contribution in [0.3, 0.4) is 0 Å². The third-order valence-corrected chi connectivity index (χ3v) is 2.00. The number of hydrogen-bond acceptors (Lipinski definition) is 4. The number of aromatic hydroxyl groups is 1. The van der Waals surface area contributed by atoms with Crippen molar-refractivity contribution in [3.63, 3.8) is 0 Å². The summed E-state index contributed by atoms with van der Waals surface area (Å²) in [6, 6.07) is 3.29. The average Bonchev–Trinajstić information content (AvgIpc) is 2.52. The molecule has 0 bridgehead atoms. The van der Waals surface area contributed by atoms with Crippen LogP contribution in [0.4, 0.5) is 0 Å². The lowest BCUT2D eigenvalue weighted by Gasteiger charge is -2.07. The van der Waals surface area contributed by atoms with Crippen molar-refractivity contribution in [3.8, 4) is 5.75 Å². The fourth-order valence-corrected chi connectivity index (χ4v) is 1.30. The van der Waals surface area contributed by atoms with Crippen LogP contribution in [0.1, 0.15) is 18.5 Å². The van der Waals surface area contributed by atoms with Crippen molar-refractivity contribution in [3.05, 3.63) is 24.1 Å². The summed E-state index contributed by atoms with van der Waals surface area (Å²) in [4.78, 5) is 3.89. The van der Waals surface area contributed by atoms with Crippen LogP contribution < -0.4 is 5.73 Å². The number of aromatic nitrogens is 1. The first-order valence-corrected chi connectivity index (χ1v) is 4.01. The van der Waals surface area contributed by atoms with Crippen LogP contribution in [0.2, 0.25) is 0 Å². The number of phenols is 1. The predicted molar refractivity (Wildman–Crippen MR) is 48.3 cm³/mol. The highest BCUT2D eigenvalue weighted by Gasteiger charge is 2.11. The van der Waals surface area contributed by atoms with Gasteiger partial charge in [-0.25, -0.2) is 4.98 Å². The molecule has 1 aromatic carbocycles. The van der Waals surface area contributed by atoms with Crippen molar-refractivity contribution in [1.82, 2.24) is 4.98 Å². The molecule has 1 heterocycles. The Morgan fingerprint density at radius 1 is 1.54 bits per heavy atom. The summed E-state index contributed by atoms with van der Waals surface area (Å²) in [7, 11) is 0. The number of nitrogens with two attached hydrogens (primary N) is 1. The number of nitrogens with zero attached hydrogens (tertiary/aromatic N) is 1. The third-order valence-electron chi connectivity index (χ3n) is 2.00. The first-order valence-electron chi connectivity index (χ1n) is 4.01. The van der Waals surface area contributed by atoms with Crippen LogP contribution >= 0.6 is 0 Å². The molecule has 2 rings (SSSR count). The molecule has 2 aromatic rings. The molecule has 1 atom stereocenters. The van der Waals surface area contributed by atoms with Crippen LogP contribution in [-0.2, 0) is 0 Å². The highest BCUT2D eigenvalue weighted by atomic mass is 16.3. The number of rotatable bonds is 1. The smallest absolute Gasteiger partial charge is 0.182 e. The molecule has 4 nitrogen and oxygen atoms in total. The van der Waals surface area contributed by atoms with Gasteiger partial charge in [-0.1, -0.05) is 0 Å². The molecule has 0 fully saturated rings. The summed E-state index contributed by atoms with van der Waals surface area (Å²) in [6.07, 6.45) is 1.30. The molecule has 0 aliphatic carbocycles. The quantitative estimate of drug-likeness (QED) is 0.694. The maximum absolute atomic E-state index is 9.71. The van der Waals surface area contributed by atoms with Crippen LogP contribution in [-0.4, -0.2) is 10.1 Å². The molecule has 3 N–H and O–H groups in total. The van der Waals surface area contributed by atoms with E-state index >= 15 is 0 Å². The van der Waals surface area contributed by atoms with Crippen molar-refractivity contribution in [2.75, 3.05) is 0 Å². The van der Waals surface area contributed by atoms with Gasteiger partial charge >= 0.3 is 0 Å². The van der Waals surface area contributed by atoms with Gasteiger partial charge < -0.3 is 15.3 Å². The molecule has 1 unspecified atom stereocenters. The van der Waals surface area contributed by atoms with E-state index in [0.29, 0.717) is 16.7 Å². The van der Waals surface area contributed by atoms with Crippen LogP contribution in [0.15, 0.2) is 22.9 Å². The van der Waals surface area contributed by atoms with E-state index in [-0.39, 0.29) is 11.8 Å². The van der Waals surface area contributed by atoms with E-state index < -0.39 is 0 Å². The number of fused-ring (bicyclic) bond motifs is 1. The second kappa shape index (κ2) is 2.74. The molecule has 4 heteroatoms. The molecule has 0 aliphatic heterocycles. The summed E-state index contributed by atoms with van der Waals surface area (Å²) in [6.45, 7) is 1.81.